The molecule has 110 valence electrons. The third-order valence-electron chi connectivity index (χ3n) is 3.05. The second kappa shape index (κ2) is 5.77. The fourth-order valence-electron chi connectivity index (χ4n) is 2.19. The van der Waals surface area contributed by atoms with Crippen LogP contribution in [0.2, 0.25) is 0 Å². The predicted molar refractivity (Wildman–Crippen MR) is 72.6 cm³/mol. The molecule has 1 aliphatic rings. The molecule has 1 aliphatic heterocycles. The van der Waals surface area contributed by atoms with E-state index in [2.05, 4.69) is 5.32 Å². The van der Waals surface area contributed by atoms with E-state index in [0.29, 0.717) is 13.1 Å². The van der Waals surface area contributed by atoms with Gasteiger partial charge in [0.05, 0.1) is 0 Å². The minimum atomic E-state index is -0.657. The lowest BCUT2D eigenvalue weighted by atomic mass is 9.87. The summed E-state index contributed by atoms with van der Waals surface area (Å²) in [5.74, 6) is -0.103. The molecule has 0 aromatic rings. The maximum atomic E-state index is 12.0. The van der Waals surface area contributed by atoms with Gasteiger partial charge in [-0.25, -0.2) is 4.79 Å². The Morgan fingerprint density at radius 3 is 2.58 bits per heavy atom. The number of ether oxygens (including phenoxy) is 1. The second-order valence-corrected chi connectivity index (χ2v) is 6.22. The quantitative estimate of drug-likeness (QED) is 0.780. The predicted octanol–water partition coefficient (Wildman–Crippen LogP) is 0.851. The summed E-state index contributed by atoms with van der Waals surface area (Å²) in [6.07, 6.45) is 1.38. The fraction of sp³-hybridized carbons (Fsp3) is 0.846. The number of hydrogen-bond donors (Lipinski definition) is 2. The van der Waals surface area contributed by atoms with Crippen molar-refractivity contribution in [2.45, 2.75) is 51.2 Å². The molecule has 0 spiro atoms. The maximum absolute atomic E-state index is 12.0. The van der Waals surface area contributed by atoms with Crippen molar-refractivity contribution in [3.8, 4) is 0 Å². The topological polar surface area (TPSA) is 84.7 Å². The molecule has 0 aliphatic carbocycles. The van der Waals surface area contributed by atoms with Crippen molar-refractivity contribution in [2.24, 2.45) is 5.73 Å². The summed E-state index contributed by atoms with van der Waals surface area (Å²) in [6, 6.07) is 0. The van der Waals surface area contributed by atoms with Gasteiger partial charge in [-0.05, 0) is 33.6 Å². The molecule has 1 rings (SSSR count). The molecule has 1 saturated heterocycles. The summed E-state index contributed by atoms with van der Waals surface area (Å²) >= 11 is 0. The first-order valence-corrected chi connectivity index (χ1v) is 6.63. The molecule has 1 atom stereocenters. The second-order valence-electron chi connectivity index (χ2n) is 6.22. The third kappa shape index (κ3) is 5.06. The number of amides is 2. The normalized spacial score (nSPS) is 23.9. The molecule has 1 fully saturated rings. The highest BCUT2D eigenvalue weighted by atomic mass is 16.6. The molecule has 1 unspecified atom stereocenters. The van der Waals surface area contributed by atoms with Gasteiger partial charge in [0, 0.05) is 32.1 Å². The van der Waals surface area contributed by atoms with Crippen LogP contribution in [-0.2, 0) is 9.53 Å². The zero-order chi connectivity index (χ0) is 14.7. The number of carbonyl (C=O) groups is 2. The van der Waals surface area contributed by atoms with Crippen LogP contribution in [0.25, 0.3) is 0 Å². The van der Waals surface area contributed by atoms with Gasteiger partial charge < -0.3 is 20.7 Å². The molecule has 19 heavy (non-hydrogen) atoms. The molecule has 6 nitrogen and oxygen atoms in total. The maximum Gasteiger partial charge on any atom is 0.410 e. The minimum absolute atomic E-state index is 0.103. The first-order valence-electron chi connectivity index (χ1n) is 6.63. The highest BCUT2D eigenvalue weighted by Crippen LogP contribution is 2.23. The van der Waals surface area contributed by atoms with Gasteiger partial charge in [0.25, 0.3) is 0 Å². The van der Waals surface area contributed by atoms with Crippen LogP contribution in [0.5, 0.6) is 0 Å². The number of carbonyl (C=O) groups excluding carboxylic acids is 2. The van der Waals surface area contributed by atoms with Crippen LogP contribution in [0.3, 0.4) is 0 Å². The van der Waals surface area contributed by atoms with Gasteiger partial charge in [0.15, 0.2) is 0 Å². The number of rotatable bonds is 2. The van der Waals surface area contributed by atoms with Gasteiger partial charge >= 0.3 is 6.09 Å². The lowest BCUT2D eigenvalue weighted by Crippen LogP contribution is -2.57. The molecule has 0 aromatic carbocycles. The summed E-state index contributed by atoms with van der Waals surface area (Å²) < 4.78 is 5.33. The Balaban J connectivity index is 2.63. The molecule has 0 radical (unpaired) electrons. The third-order valence-corrected chi connectivity index (χ3v) is 3.05. The van der Waals surface area contributed by atoms with Crippen molar-refractivity contribution < 1.29 is 14.3 Å². The van der Waals surface area contributed by atoms with Gasteiger partial charge in [0.2, 0.25) is 5.91 Å². The lowest BCUT2D eigenvalue weighted by molar-refractivity contribution is -0.122. The van der Waals surface area contributed by atoms with Crippen LogP contribution in [-0.4, -0.2) is 48.2 Å². The molecule has 0 saturated carbocycles. The van der Waals surface area contributed by atoms with Gasteiger partial charge in [-0.15, -0.1) is 0 Å². The van der Waals surface area contributed by atoms with Crippen LogP contribution in [0.1, 0.15) is 40.0 Å². The number of nitrogens with zero attached hydrogens (tertiary/aromatic N) is 1. The van der Waals surface area contributed by atoms with Gasteiger partial charge in [-0.3, -0.25) is 4.79 Å². The van der Waals surface area contributed by atoms with Gasteiger partial charge in [0.1, 0.15) is 5.60 Å². The minimum Gasteiger partial charge on any atom is -0.444 e. The number of nitrogens with two attached hydrogens (primary N) is 1. The van der Waals surface area contributed by atoms with Crippen molar-refractivity contribution in [3.05, 3.63) is 0 Å². The van der Waals surface area contributed by atoms with E-state index >= 15 is 0 Å². The van der Waals surface area contributed by atoms with Crippen LogP contribution in [0.4, 0.5) is 4.79 Å². The zero-order valence-corrected chi connectivity index (χ0v) is 12.3. The molecule has 2 amide bonds. The highest BCUT2D eigenvalue weighted by molar-refractivity contribution is 5.77. The Kier molecular flexibility index (Phi) is 4.79. The number of hydrogen-bond acceptors (Lipinski definition) is 4. The van der Waals surface area contributed by atoms with Crippen molar-refractivity contribution in [1.82, 2.24) is 10.2 Å². The van der Waals surface area contributed by atoms with Crippen molar-refractivity contribution in [3.63, 3.8) is 0 Å². The Morgan fingerprint density at radius 2 is 2.05 bits per heavy atom. The fourth-order valence-corrected chi connectivity index (χ4v) is 2.19. The van der Waals surface area contributed by atoms with Crippen LogP contribution in [0, 0.1) is 0 Å². The summed E-state index contributed by atoms with van der Waals surface area (Å²) in [5.41, 5.74) is 5.04. The average molecular weight is 271 g/mol. The number of piperidine rings is 1. The molecule has 0 bridgehead atoms. The van der Waals surface area contributed by atoms with E-state index in [1.54, 1.807) is 11.9 Å². The standard InChI is InChI=1S/C13H25N3O3/c1-12(2,3)19-11(18)16-7-5-6-13(14,9-16)8-10(17)15-4/h5-9,14H2,1-4H3,(H,15,17). The number of likely N-dealkylation sites (tertiary alicyclic amines) is 1. The van der Waals surface area contributed by atoms with Crippen LogP contribution in [0.15, 0.2) is 0 Å². The Hall–Kier alpha value is -1.30. The summed E-state index contributed by atoms with van der Waals surface area (Å²) in [4.78, 5) is 25.1. The smallest absolute Gasteiger partial charge is 0.410 e. The van der Waals surface area contributed by atoms with E-state index in [1.807, 2.05) is 20.8 Å². The largest absolute Gasteiger partial charge is 0.444 e. The van der Waals surface area contributed by atoms with Gasteiger partial charge in [-0.2, -0.15) is 0 Å². The number of nitrogens with one attached hydrogen (secondary N) is 1. The van der Waals surface area contributed by atoms with E-state index in [0.717, 1.165) is 12.8 Å². The van der Waals surface area contributed by atoms with Crippen LogP contribution >= 0.6 is 0 Å². The van der Waals surface area contributed by atoms with Crippen molar-refractivity contribution >= 4 is 12.0 Å². The molecular weight excluding hydrogens is 246 g/mol. The molecule has 3 N–H and O–H groups in total. The van der Waals surface area contributed by atoms with Crippen molar-refractivity contribution in [1.29, 1.82) is 0 Å². The van der Waals surface area contributed by atoms with E-state index in [-0.39, 0.29) is 18.4 Å². The monoisotopic (exact) mass is 271 g/mol. The van der Waals surface area contributed by atoms with E-state index in [4.69, 9.17) is 10.5 Å². The summed E-state index contributed by atoms with van der Waals surface area (Å²) in [7, 11) is 1.58. The SMILES string of the molecule is CNC(=O)CC1(N)CCCN(C(=O)OC(C)(C)C)C1. The summed E-state index contributed by atoms with van der Waals surface area (Å²) in [5, 5.41) is 2.57. The highest BCUT2D eigenvalue weighted by Gasteiger charge is 2.36. The Bertz CT molecular complexity index is 352. The summed E-state index contributed by atoms with van der Waals surface area (Å²) in [6.45, 7) is 6.47. The van der Waals surface area contributed by atoms with Crippen molar-refractivity contribution in [2.75, 3.05) is 20.1 Å². The first kappa shape index (κ1) is 15.8. The lowest BCUT2D eigenvalue weighted by Gasteiger charge is -2.40. The van der Waals surface area contributed by atoms with E-state index in [1.165, 1.54) is 0 Å². The average Bonchev–Trinajstić information content (AvgIpc) is 2.26. The first-order chi connectivity index (χ1) is 8.65. The van der Waals surface area contributed by atoms with E-state index < -0.39 is 11.1 Å². The molecular formula is C13H25N3O3. The molecule has 0 aromatic heterocycles. The molecule has 6 heteroatoms. The Morgan fingerprint density at radius 1 is 1.42 bits per heavy atom. The zero-order valence-electron chi connectivity index (χ0n) is 12.3. The van der Waals surface area contributed by atoms with Crippen LogP contribution < -0.4 is 11.1 Å². The van der Waals surface area contributed by atoms with E-state index in [9.17, 15) is 9.59 Å². The molecule has 1 heterocycles. The van der Waals surface area contributed by atoms with Gasteiger partial charge in [-0.1, -0.05) is 0 Å². The Labute approximate surface area is 114 Å².